The second-order valence-electron chi connectivity index (χ2n) is 4.38. The lowest BCUT2D eigenvalue weighted by Gasteiger charge is -2.38. The van der Waals surface area contributed by atoms with E-state index >= 15 is 0 Å². The summed E-state index contributed by atoms with van der Waals surface area (Å²) >= 11 is 0. The molecule has 0 radical (unpaired) electrons. The summed E-state index contributed by atoms with van der Waals surface area (Å²) in [7, 11) is 0. The lowest BCUT2D eigenvalue weighted by Crippen LogP contribution is -2.51. The summed E-state index contributed by atoms with van der Waals surface area (Å²) in [5.74, 6) is -0.158. The fourth-order valence-electron chi connectivity index (χ4n) is 1.70. The van der Waals surface area contributed by atoms with Crippen LogP contribution in [-0.4, -0.2) is 41.0 Å². The number of rotatable bonds is 2. The van der Waals surface area contributed by atoms with Gasteiger partial charge in [0.1, 0.15) is 5.60 Å². The first-order valence-electron chi connectivity index (χ1n) is 5.16. The van der Waals surface area contributed by atoms with Crippen molar-refractivity contribution in [2.75, 3.05) is 13.1 Å². The van der Waals surface area contributed by atoms with E-state index in [9.17, 15) is 18.7 Å². The number of amides is 1. The van der Waals surface area contributed by atoms with Crippen molar-refractivity contribution in [2.24, 2.45) is 5.92 Å². The summed E-state index contributed by atoms with van der Waals surface area (Å²) < 4.78 is 24.9. The van der Waals surface area contributed by atoms with Crippen molar-refractivity contribution in [3.05, 3.63) is 0 Å². The summed E-state index contributed by atoms with van der Waals surface area (Å²) in [6, 6.07) is 0. The van der Waals surface area contributed by atoms with E-state index in [2.05, 4.69) is 0 Å². The van der Waals surface area contributed by atoms with Gasteiger partial charge < -0.3 is 10.0 Å². The number of carbonyl (C=O) groups excluding carboxylic acids is 1. The van der Waals surface area contributed by atoms with Gasteiger partial charge in [0.2, 0.25) is 5.91 Å². The number of carbonyl (C=O) groups is 1. The molecular formula is C10H17F2NO2. The third-order valence-electron chi connectivity index (χ3n) is 2.84. The quantitative estimate of drug-likeness (QED) is 0.762. The van der Waals surface area contributed by atoms with Crippen LogP contribution in [0.3, 0.4) is 0 Å². The summed E-state index contributed by atoms with van der Waals surface area (Å²) in [5, 5.41) is 9.50. The van der Waals surface area contributed by atoms with Gasteiger partial charge in [0.25, 0.3) is 6.43 Å². The number of piperidine rings is 1. The van der Waals surface area contributed by atoms with E-state index < -0.39 is 12.0 Å². The standard InChI is InChI=1S/C10H17F2NO2/c1-7(2)8(14)13-5-3-10(15,4-6-13)9(11)12/h7,9,15H,3-6H2,1-2H3. The van der Waals surface area contributed by atoms with Crippen molar-refractivity contribution >= 4 is 5.91 Å². The molecule has 0 bridgehead atoms. The molecule has 1 aliphatic heterocycles. The molecule has 1 N–H and O–H groups in total. The summed E-state index contributed by atoms with van der Waals surface area (Å²) in [5.41, 5.74) is -1.90. The first kappa shape index (κ1) is 12.4. The summed E-state index contributed by atoms with van der Waals surface area (Å²) in [6.07, 6.45) is -2.81. The van der Waals surface area contributed by atoms with Crippen molar-refractivity contribution in [3.63, 3.8) is 0 Å². The highest BCUT2D eigenvalue weighted by Gasteiger charge is 2.41. The Bertz CT molecular complexity index is 236. The summed E-state index contributed by atoms with van der Waals surface area (Å²) in [4.78, 5) is 13.1. The van der Waals surface area contributed by atoms with Gasteiger partial charge in [0.15, 0.2) is 0 Å². The third-order valence-corrected chi connectivity index (χ3v) is 2.84. The van der Waals surface area contributed by atoms with Crippen molar-refractivity contribution < 1.29 is 18.7 Å². The van der Waals surface area contributed by atoms with Crippen LogP contribution in [0.1, 0.15) is 26.7 Å². The smallest absolute Gasteiger partial charge is 0.266 e. The van der Waals surface area contributed by atoms with Gasteiger partial charge in [-0.05, 0) is 12.8 Å². The molecule has 0 aliphatic carbocycles. The van der Waals surface area contributed by atoms with Gasteiger partial charge in [0.05, 0.1) is 0 Å². The SMILES string of the molecule is CC(C)C(=O)N1CCC(O)(C(F)F)CC1. The predicted octanol–water partition coefficient (Wildman–Crippen LogP) is 1.26. The molecule has 15 heavy (non-hydrogen) atoms. The minimum Gasteiger partial charge on any atom is -0.384 e. The maximum atomic E-state index is 12.4. The molecule has 0 saturated carbocycles. The van der Waals surface area contributed by atoms with E-state index in [1.165, 1.54) is 0 Å². The van der Waals surface area contributed by atoms with Crippen molar-refractivity contribution in [3.8, 4) is 0 Å². The Kier molecular flexibility index (Phi) is 3.65. The van der Waals surface area contributed by atoms with E-state index in [0.717, 1.165) is 0 Å². The fourth-order valence-corrected chi connectivity index (χ4v) is 1.70. The van der Waals surface area contributed by atoms with Gasteiger partial charge in [-0.25, -0.2) is 8.78 Å². The number of nitrogens with zero attached hydrogens (tertiary/aromatic N) is 1. The Morgan fingerprint density at radius 3 is 2.13 bits per heavy atom. The third kappa shape index (κ3) is 2.65. The number of alkyl halides is 2. The average Bonchev–Trinajstić information content (AvgIpc) is 2.17. The molecule has 0 atom stereocenters. The highest BCUT2D eigenvalue weighted by molar-refractivity contribution is 5.78. The van der Waals surface area contributed by atoms with Crippen LogP contribution in [-0.2, 0) is 4.79 Å². The van der Waals surface area contributed by atoms with Crippen LogP contribution in [0.4, 0.5) is 8.78 Å². The van der Waals surface area contributed by atoms with Crippen LogP contribution in [0.25, 0.3) is 0 Å². The minimum atomic E-state index is -2.73. The Labute approximate surface area is 88.1 Å². The molecule has 1 amide bonds. The lowest BCUT2D eigenvalue weighted by atomic mass is 9.91. The lowest BCUT2D eigenvalue weighted by molar-refractivity contribution is -0.149. The number of hydrogen-bond acceptors (Lipinski definition) is 2. The molecule has 3 nitrogen and oxygen atoms in total. The van der Waals surface area contributed by atoms with E-state index in [1.807, 2.05) is 0 Å². The van der Waals surface area contributed by atoms with Crippen LogP contribution in [0.5, 0.6) is 0 Å². The second kappa shape index (κ2) is 4.43. The van der Waals surface area contributed by atoms with E-state index in [-0.39, 0.29) is 37.8 Å². The van der Waals surface area contributed by atoms with Gasteiger partial charge in [-0.1, -0.05) is 13.8 Å². The van der Waals surface area contributed by atoms with Crippen LogP contribution in [0.15, 0.2) is 0 Å². The Morgan fingerprint density at radius 2 is 1.80 bits per heavy atom. The van der Waals surface area contributed by atoms with E-state index in [1.54, 1.807) is 18.7 Å². The second-order valence-corrected chi connectivity index (χ2v) is 4.38. The zero-order chi connectivity index (χ0) is 11.6. The molecule has 1 rings (SSSR count). The van der Waals surface area contributed by atoms with Crippen molar-refractivity contribution in [2.45, 2.75) is 38.7 Å². The number of hydrogen-bond donors (Lipinski definition) is 1. The van der Waals surface area contributed by atoms with Crippen LogP contribution < -0.4 is 0 Å². The zero-order valence-electron chi connectivity index (χ0n) is 9.04. The molecule has 5 heteroatoms. The van der Waals surface area contributed by atoms with Gasteiger partial charge in [0, 0.05) is 19.0 Å². The zero-order valence-corrected chi connectivity index (χ0v) is 9.04. The molecular weight excluding hydrogens is 204 g/mol. The molecule has 1 fully saturated rings. The topological polar surface area (TPSA) is 40.5 Å². The Hall–Kier alpha value is -0.710. The van der Waals surface area contributed by atoms with Crippen LogP contribution in [0, 0.1) is 5.92 Å². The first-order chi connectivity index (χ1) is 6.87. The average molecular weight is 221 g/mol. The molecule has 88 valence electrons. The maximum Gasteiger partial charge on any atom is 0.266 e. The predicted molar refractivity (Wildman–Crippen MR) is 51.6 cm³/mol. The Morgan fingerprint density at radius 1 is 1.33 bits per heavy atom. The molecule has 1 aliphatic rings. The minimum absolute atomic E-state index is 0.0358. The van der Waals surface area contributed by atoms with Crippen LogP contribution in [0.2, 0.25) is 0 Å². The molecule has 0 spiro atoms. The normalized spacial score (nSPS) is 21.1. The van der Waals surface area contributed by atoms with E-state index in [4.69, 9.17) is 0 Å². The monoisotopic (exact) mass is 221 g/mol. The molecule has 1 saturated heterocycles. The van der Waals surface area contributed by atoms with Gasteiger partial charge in [-0.2, -0.15) is 0 Å². The molecule has 1 heterocycles. The van der Waals surface area contributed by atoms with Crippen molar-refractivity contribution in [1.29, 1.82) is 0 Å². The molecule has 0 unspecified atom stereocenters. The number of halogens is 2. The summed E-state index contributed by atoms with van der Waals surface area (Å²) in [6.45, 7) is 3.99. The molecule has 0 aromatic heterocycles. The largest absolute Gasteiger partial charge is 0.384 e. The molecule has 0 aromatic rings. The van der Waals surface area contributed by atoms with Crippen molar-refractivity contribution in [1.82, 2.24) is 4.90 Å². The number of aliphatic hydroxyl groups is 1. The molecule has 0 aromatic carbocycles. The Balaban J connectivity index is 2.53. The van der Waals surface area contributed by atoms with Gasteiger partial charge in [-0.15, -0.1) is 0 Å². The highest BCUT2D eigenvalue weighted by atomic mass is 19.3. The fraction of sp³-hybridized carbons (Fsp3) is 0.900. The van der Waals surface area contributed by atoms with E-state index in [0.29, 0.717) is 0 Å². The number of likely N-dealkylation sites (tertiary alicyclic amines) is 1. The maximum absolute atomic E-state index is 12.4. The van der Waals surface area contributed by atoms with Crippen LogP contribution >= 0.6 is 0 Å². The highest BCUT2D eigenvalue weighted by Crippen LogP contribution is 2.28. The first-order valence-corrected chi connectivity index (χ1v) is 5.16. The van der Waals surface area contributed by atoms with Gasteiger partial charge in [-0.3, -0.25) is 4.79 Å². The van der Waals surface area contributed by atoms with Gasteiger partial charge >= 0.3 is 0 Å².